The molecule has 0 aliphatic carbocycles. The molecule has 2 heteroatoms. The quantitative estimate of drug-likeness (QED) is 0.674. The number of ether oxygens (including phenoxy) is 1. The summed E-state index contributed by atoms with van der Waals surface area (Å²) in [6, 6.07) is 8.81. The van der Waals surface area contributed by atoms with E-state index in [4.69, 9.17) is 4.74 Å². The van der Waals surface area contributed by atoms with Gasteiger partial charge in [-0.05, 0) is 30.0 Å². The molecule has 2 nitrogen and oxygen atoms in total. The van der Waals surface area contributed by atoms with Gasteiger partial charge in [0.05, 0.1) is 6.61 Å². The van der Waals surface area contributed by atoms with Gasteiger partial charge in [-0.1, -0.05) is 51.5 Å². The van der Waals surface area contributed by atoms with Gasteiger partial charge in [0.2, 0.25) is 0 Å². The Bertz CT molecular complexity index is 307. The molecule has 1 atom stereocenters. The summed E-state index contributed by atoms with van der Waals surface area (Å²) in [7, 11) is 0. The van der Waals surface area contributed by atoms with Crippen molar-refractivity contribution in [2.24, 2.45) is 0 Å². The number of nitrogens with one attached hydrogen (secondary N) is 1. The molecule has 0 saturated carbocycles. The Labute approximate surface area is 112 Å². The van der Waals surface area contributed by atoms with E-state index in [2.05, 4.69) is 50.4 Å². The summed E-state index contributed by atoms with van der Waals surface area (Å²) in [6.45, 7) is 10.3. The van der Waals surface area contributed by atoms with Gasteiger partial charge in [-0.15, -0.1) is 0 Å². The molecule has 0 aliphatic heterocycles. The number of hydrogen-bond donors (Lipinski definition) is 1. The highest BCUT2D eigenvalue weighted by Gasteiger charge is 2.04. The topological polar surface area (TPSA) is 21.3 Å². The predicted molar refractivity (Wildman–Crippen MR) is 78.0 cm³/mol. The molecule has 0 radical (unpaired) electrons. The van der Waals surface area contributed by atoms with E-state index < -0.39 is 0 Å². The van der Waals surface area contributed by atoms with E-state index in [-0.39, 0.29) is 0 Å². The normalized spacial score (nSPS) is 12.6. The molecule has 0 amide bonds. The maximum absolute atomic E-state index is 5.61. The number of hydrogen-bond acceptors (Lipinski definition) is 2. The van der Waals surface area contributed by atoms with Gasteiger partial charge in [-0.2, -0.15) is 0 Å². The summed E-state index contributed by atoms with van der Waals surface area (Å²) in [5.41, 5.74) is 2.67. The molecular formula is C16H27NO. The zero-order valence-corrected chi connectivity index (χ0v) is 12.0. The molecule has 0 aromatic heterocycles. The summed E-state index contributed by atoms with van der Waals surface area (Å²) in [5.74, 6) is 0.569. The zero-order valence-electron chi connectivity index (χ0n) is 12.0. The summed E-state index contributed by atoms with van der Waals surface area (Å²) in [5, 5.41) is 3.38. The van der Waals surface area contributed by atoms with Crippen molar-refractivity contribution in [1.29, 1.82) is 0 Å². The molecule has 1 N–H and O–H groups in total. The number of benzene rings is 1. The average Bonchev–Trinajstić information content (AvgIpc) is 2.41. The molecule has 0 heterocycles. The number of likely N-dealkylation sites (N-methyl/N-ethyl adjacent to an activating group) is 1. The third-order valence-electron chi connectivity index (χ3n) is 3.16. The fourth-order valence-corrected chi connectivity index (χ4v) is 1.86. The second kappa shape index (κ2) is 9.12. The second-order valence-corrected chi connectivity index (χ2v) is 4.86. The van der Waals surface area contributed by atoms with Crippen LogP contribution < -0.4 is 5.32 Å². The fraction of sp³-hybridized carbons (Fsp3) is 0.625. The molecule has 102 valence electrons. The van der Waals surface area contributed by atoms with Crippen LogP contribution in [0.25, 0.3) is 0 Å². The Morgan fingerprint density at radius 1 is 1.17 bits per heavy atom. The lowest BCUT2D eigenvalue weighted by atomic mass is 10.00. The van der Waals surface area contributed by atoms with Gasteiger partial charge in [0.25, 0.3) is 0 Å². The number of unbranched alkanes of at least 4 members (excludes halogenated alkanes) is 1. The molecule has 0 bridgehead atoms. The largest absolute Gasteiger partial charge is 0.377 e. The molecule has 1 rings (SSSR count). The third-order valence-corrected chi connectivity index (χ3v) is 3.16. The van der Waals surface area contributed by atoms with E-state index >= 15 is 0 Å². The van der Waals surface area contributed by atoms with Crippen LogP contribution in [0.2, 0.25) is 0 Å². The van der Waals surface area contributed by atoms with Crippen LogP contribution in [0.5, 0.6) is 0 Å². The Balaban J connectivity index is 2.37. The SMILES string of the molecule is CCCCOCc1ccc(C(C)CNCC)cc1. The van der Waals surface area contributed by atoms with E-state index in [1.54, 1.807) is 0 Å². The van der Waals surface area contributed by atoms with Crippen molar-refractivity contribution in [3.05, 3.63) is 35.4 Å². The van der Waals surface area contributed by atoms with Crippen molar-refractivity contribution in [2.75, 3.05) is 19.7 Å². The van der Waals surface area contributed by atoms with E-state index in [1.807, 2.05) is 0 Å². The lowest BCUT2D eigenvalue weighted by molar-refractivity contribution is 0.118. The van der Waals surface area contributed by atoms with Crippen molar-refractivity contribution in [3.63, 3.8) is 0 Å². The molecule has 0 spiro atoms. The summed E-state index contributed by atoms with van der Waals surface area (Å²) >= 11 is 0. The fourth-order valence-electron chi connectivity index (χ4n) is 1.86. The third kappa shape index (κ3) is 5.65. The smallest absolute Gasteiger partial charge is 0.0716 e. The minimum absolute atomic E-state index is 0.569. The van der Waals surface area contributed by atoms with Gasteiger partial charge in [-0.3, -0.25) is 0 Å². The van der Waals surface area contributed by atoms with Crippen molar-refractivity contribution in [2.45, 2.75) is 46.1 Å². The van der Waals surface area contributed by atoms with Gasteiger partial charge < -0.3 is 10.1 Å². The molecule has 0 aliphatic rings. The molecule has 0 fully saturated rings. The first-order valence-corrected chi connectivity index (χ1v) is 7.15. The van der Waals surface area contributed by atoms with Crippen LogP contribution in [0.3, 0.4) is 0 Å². The number of rotatable bonds is 9. The minimum atomic E-state index is 0.569. The summed E-state index contributed by atoms with van der Waals surface area (Å²) in [6.07, 6.45) is 2.35. The van der Waals surface area contributed by atoms with E-state index in [1.165, 1.54) is 17.5 Å². The van der Waals surface area contributed by atoms with Gasteiger partial charge in [0.1, 0.15) is 0 Å². The molecule has 1 aromatic rings. The molecule has 1 unspecified atom stereocenters. The molecule has 18 heavy (non-hydrogen) atoms. The molecule has 0 saturated heterocycles. The van der Waals surface area contributed by atoms with Gasteiger partial charge in [0, 0.05) is 13.2 Å². The maximum Gasteiger partial charge on any atom is 0.0716 e. The van der Waals surface area contributed by atoms with Crippen molar-refractivity contribution >= 4 is 0 Å². The van der Waals surface area contributed by atoms with Gasteiger partial charge in [-0.25, -0.2) is 0 Å². The summed E-state index contributed by atoms with van der Waals surface area (Å²) < 4.78 is 5.61. The predicted octanol–water partition coefficient (Wildman–Crippen LogP) is 3.72. The average molecular weight is 249 g/mol. The van der Waals surface area contributed by atoms with Crippen molar-refractivity contribution < 1.29 is 4.74 Å². The van der Waals surface area contributed by atoms with Crippen LogP contribution >= 0.6 is 0 Å². The molecule has 1 aromatic carbocycles. The first-order chi connectivity index (χ1) is 8.77. The Morgan fingerprint density at radius 3 is 2.50 bits per heavy atom. The second-order valence-electron chi connectivity index (χ2n) is 4.86. The first-order valence-electron chi connectivity index (χ1n) is 7.15. The van der Waals surface area contributed by atoms with E-state index in [9.17, 15) is 0 Å². The molecular weight excluding hydrogens is 222 g/mol. The van der Waals surface area contributed by atoms with Crippen LogP contribution in [0.1, 0.15) is 50.7 Å². The standard InChI is InChI=1S/C16H27NO/c1-4-6-11-18-13-15-7-9-16(10-8-15)14(3)12-17-5-2/h7-10,14,17H,4-6,11-13H2,1-3H3. The lowest BCUT2D eigenvalue weighted by Crippen LogP contribution is -2.19. The highest BCUT2D eigenvalue weighted by molar-refractivity contribution is 5.24. The van der Waals surface area contributed by atoms with Crippen LogP contribution in [0.4, 0.5) is 0 Å². The monoisotopic (exact) mass is 249 g/mol. The van der Waals surface area contributed by atoms with Crippen LogP contribution in [-0.4, -0.2) is 19.7 Å². The van der Waals surface area contributed by atoms with Crippen LogP contribution in [0, 0.1) is 0 Å². The summed E-state index contributed by atoms with van der Waals surface area (Å²) in [4.78, 5) is 0. The zero-order chi connectivity index (χ0) is 13.2. The van der Waals surface area contributed by atoms with Crippen LogP contribution in [-0.2, 0) is 11.3 Å². The maximum atomic E-state index is 5.61. The van der Waals surface area contributed by atoms with Crippen molar-refractivity contribution in [1.82, 2.24) is 5.32 Å². The Morgan fingerprint density at radius 2 is 1.89 bits per heavy atom. The van der Waals surface area contributed by atoms with Crippen molar-refractivity contribution in [3.8, 4) is 0 Å². The van der Waals surface area contributed by atoms with E-state index in [0.717, 1.165) is 32.7 Å². The highest BCUT2D eigenvalue weighted by atomic mass is 16.5. The van der Waals surface area contributed by atoms with Crippen LogP contribution in [0.15, 0.2) is 24.3 Å². The Kier molecular flexibility index (Phi) is 7.70. The lowest BCUT2D eigenvalue weighted by Gasteiger charge is -2.13. The van der Waals surface area contributed by atoms with Gasteiger partial charge >= 0.3 is 0 Å². The highest BCUT2D eigenvalue weighted by Crippen LogP contribution is 2.15. The van der Waals surface area contributed by atoms with Gasteiger partial charge in [0.15, 0.2) is 0 Å². The van der Waals surface area contributed by atoms with E-state index in [0.29, 0.717) is 5.92 Å². The first kappa shape index (κ1) is 15.2. The minimum Gasteiger partial charge on any atom is -0.377 e. The Hall–Kier alpha value is -0.860.